The van der Waals surface area contributed by atoms with Gasteiger partial charge in [-0.25, -0.2) is 4.98 Å². The highest BCUT2D eigenvalue weighted by atomic mass is 16.1. The topological polar surface area (TPSA) is 42.9 Å². The molecule has 1 rings (SSSR count). The van der Waals surface area contributed by atoms with Crippen LogP contribution in [0.3, 0.4) is 0 Å². The number of carbonyl (C=O) groups is 1. The van der Waals surface area contributed by atoms with Crippen LogP contribution >= 0.6 is 0 Å². The molecule has 0 bridgehead atoms. The highest BCUT2D eigenvalue weighted by molar-refractivity contribution is 5.95. The molecular formula is C13H20N2O. The molecule has 0 aliphatic heterocycles. The molecular weight excluding hydrogens is 200 g/mol. The van der Waals surface area contributed by atoms with Gasteiger partial charge in [0.15, 0.2) is 5.78 Å². The van der Waals surface area contributed by atoms with Gasteiger partial charge >= 0.3 is 0 Å². The predicted molar refractivity (Wildman–Crippen MR) is 64.7 cm³/mol. The average Bonchev–Trinajstić information content (AvgIpc) is 2.19. The summed E-state index contributed by atoms with van der Waals surface area (Å²) in [7, 11) is 0. The highest BCUT2D eigenvalue weighted by Crippen LogP contribution is 2.13. The van der Waals surface area contributed by atoms with Crippen LogP contribution in [0.5, 0.6) is 0 Å². The maximum atomic E-state index is 11.9. The molecule has 0 atom stereocenters. The van der Waals surface area contributed by atoms with Crippen molar-refractivity contribution in [2.24, 2.45) is 5.92 Å². The van der Waals surface area contributed by atoms with Gasteiger partial charge in [-0.05, 0) is 26.2 Å². The SMILES string of the molecule is CCc1nc(C)c(C(=O)CC(C)C)nc1C. The van der Waals surface area contributed by atoms with Crippen LogP contribution in [0.2, 0.25) is 0 Å². The second-order valence-electron chi connectivity index (χ2n) is 4.56. The average molecular weight is 220 g/mol. The van der Waals surface area contributed by atoms with Crippen LogP contribution in [0.15, 0.2) is 0 Å². The van der Waals surface area contributed by atoms with Gasteiger partial charge in [-0.3, -0.25) is 9.78 Å². The van der Waals surface area contributed by atoms with Crippen molar-refractivity contribution in [1.29, 1.82) is 0 Å². The molecule has 0 fully saturated rings. The molecule has 16 heavy (non-hydrogen) atoms. The van der Waals surface area contributed by atoms with Crippen molar-refractivity contribution in [2.75, 3.05) is 0 Å². The first-order valence-corrected chi connectivity index (χ1v) is 5.83. The first-order valence-electron chi connectivity index (χ1n) is 5.83. The number of Topliss-reactive ketones (excluding diaryl/α,β-unsaturated/α-hetero) is 1. The minimum Gasteiger partial charge on any atom is -0.292 e. The molecule has 3 heteroatoms. The number of aromatic nitrogens is 2. The standard InChI is InChI=1S/C13H20N2O/c1-6-11-9(4)15-13(10(5)14-11)12(16)7-8(2)3/h8H,6-7H2,1-5H3. The molecule has 0 N–H and O–H groups in total. The Morgan fingerprint density at radius 1 is 1.19 bits per heavy atom. The number of hydrogen-bond donors (Lipinski definition) is 0. The Morgan fingerprint density at radius 3 is 2.31 bits per heavy atom. The van der Waals surface area contributed by atoms with E-state index in [0.717, 1.165) is 23.5 Å². The van der Waals surface area contributed by atoms with Gasteiger partial charge in [-0.2, -0.15) is 0 Å². The third kappa shape index (κ3) is 2.87. The molecule has 1 heterocycles. The number of nitrogens with zero attached hydrogens (tertiary/aromatic N) is 2. The van der Waals surface area contributed by atoms with E-state index in [0.29, 0.717) is 18.0 Å². The van der Waals surface area contributed by atoms with Gasteiger partial charge < -0.3 is 0 Å². The molecule has 3 nitrogen and oxygen atoms in total. The van der Waals surface area contributed by atoms with Gasteiger partial charge in [0, 0.05) is 6.42 Å². The zero-order chi connectivity index (χ0) is 12.3. The molecule has 88 valence electrons. The van der Waals surface area contributed by atoms with E-state index in [9.17, 15) is 4.79 Å². The summed E-state index contributed by atoms with van der Waals surface area (Å²) in [6, 6.07) is 0. The lowest BCUT2D eigenvalue weighted by molar-refractivity contribution is 0.0961. The van der Waals surface area contributed by atoms with Crippen molar-refractivity contribution in [2.45, 2.75) is 47.5 Å². The zero-order valence-electron chi connectivity index (χ0n) is 10.8. The van der Waals surface area contributed by atoms with Crippen molar-refractivity contribution in [3.05, 3.63) is 22.8 Å². The van der Waals surface area contributed by atoms with Crippen molar-refractivity contribution in [3.63, 3.8) is 0 Å². The lowest BCUT2D eigenvalue weighted by Gasteiger charge is -2.09. The van der Waals surface area contributed by atoms with Crippen LogP contribution in [0.25, 0.3) is 0 Å². The van der Waals surface area contributed by atoms with E-state index in [2.05, 4.69) is 9.97 Å². The fourth-order valence-corrected chi connectivity index (χ4v) is 1.72. The molecule has 0 saturated carbocycles. The summed E-state index contributed by atoms with van der Waals surface area (Å²) in [5.74, 6) is 0.464. The number of rotatable bonds is 4. The lowest BCUT2D eigenvalue weighted by Crippen LogP contribution is -2.12. The molecule has 0 unspecified atom stereocenters. The van der Waals surface area contributed by atoms with Crippen molar-refractivity contribution >= 4 is 5.78 Å². The fraction of sp³-hybridized carbons (Fsp3) is 0.615. The van der Waals surface area contributed by atoms with Crippen molar-refractivity contribution in [1.82, 2.24) is 9.97 Å². The molecule has 1 aromatic rings. The summed E-state index contributed by atoms with van der Waals surface area (Å²) in [6.07, 6.45) is 1.40. The zero-order valence-corrected chi connectivity index (χ0v) is 10.8. The highest BCUT2D eigenvalue weighted by Gasteiger charge is 2.15. The Balaban J connectivity index is 3.06. The van der Waals surface area contributed by atoms with Gasteiger partial charge in [0.2, 0.25) is 0 Å². The molecule has 0 aromatic carbocycles. The summed E-state index contributed by atoms with van der Waals surface area (Å²) in [5, 5.41) is 0. The first kappa shape index (κ1) is 12.8. The quantitative estimate of drug-likeness (QED) is 0.733. The smallest absolute Gasteiger partial charge is 0.183 e. The molecule has 0 spiro atoms. The van der Waals surface area contributed by atoms with E-state index in [-0.39, 0.29) is 5.78 Å². The monoisotopic (exact) mass is 220 g/mol. The minimum absolute atomic E-state index is 0.103. The minimum atomic E-state index is 0.103. The number of carbonyl (C=O) groups excluding carboxylic acids is 1. The Hall–Kier alpha value is -1.25. The van der Waals surface area contributed by atoms with E-state index in [1.807, 2.05) is 34.6 Å². The summed E-state index contributed by atoms with van der Waals surface area (Å²) in [4.78, 5) is 20.7. The largest absolute Gasteiger partial charge is 0.292 e. The Morgan fingerprint density at radius 2 is 1.81 bits per heavy atom. The van der Waals surface area contributed by atoms with Crippen LogP contribution in [0.1, 0.15) is 54.8 Å². The summed E-state index contributed by atoms with van der Waals surface area (Å²) in [6.45, 7) is 9.89. The summed E-state index contributed by atoms with van der Waals surface area (Å²) < 4.78 is 0. The van der Waals surface area contributed by atoms with E-state index >= 15 is 0 Å². The maximum Gasteiger partial charge on any atom is 0.183 e. The summed E-state index contributed by atoms with van der Waals surface area (Å²) >= 11 is 0. The van der Waals surface area contributed by atoms with Gasteiger partial charge in [-0.15, -0.1) is 0 Å². The van der Waals surface area contributed by atoms with E-state index in [4.69, 9.17) is 0 Å². The lowest BCUT2D eigenvalue weighted by atomic mass is 10.0. The van der Waals surface area contributed by atoms with Crippen molar-refractivity contribution < 1.29 is 4.79 Å². The van der Waals surface area contributed by atoms with Crippen LogP contribution in [-0.4, -0.2) is 15.8 Å². The maximum absolute atomic E-state index is 11.9. The number of aryl methyl sites for hydroxylation is 3. The third-order valence-corrected chi connectivity index (χ3v) is 2.54. The number of hydrogen-bond acceptors (Lipinski definition) is 3. The fourth-order valence-electron chi connectivity index (χ4n) is 1.72. The summed E-state index contributed by atoms with van der Waals surface area (Å²) in [5.41, 5.74) is 3.16. The van der Waals surface area contributed by atoms with Crippen LogP contribution in [0, 0.1) is 19.8 Å². The Kier molecular flexibility index (Phi) is 4.16. The third-order valence-electron chi connectivity index (χ3n) is 2.54. The molecule has 1 aromatic heterocycles. The van der Waals surface area contributed by atoms with Gasteiger partial charge in [-0.1, -0.05) is 20.8 Å². The van der Waals surface area contributed by atoms with Crippen molar-refractivity contribution in [3.8, 4) is 0 Å². The Bertz CT molecular complexity index is 397. The van der Waals surface area contributed by atoms with Crippen LogP contribution in [-0.2, 0) is 6.42 Å². The normalized spacial score (nSPS) is 10.9. The second kappa shape index (κ2) is 5.19. The molecule has 0 radical (unpaired) electrons. The van der Waals surface area contributed by atoms with Crippen LogP contribution < -0.4 is 0 Å². The van der Waals surface area contributed by atoms with E-state index in [1.54, 1.807) is 0 Å². The molecule has 0 saturated heterocycles. The second-order valence-corrected chi connectivity index (χ2v) is 4.56. The van der Waals surface area contributed by atoms with Gasteiger partial charge in [0.25, 0.3) is 0 Å². The van der Waals surface area contributed by atoms with E-state index in [1.165, 1.54) is 0 Å². The number of ketones is 1. The van der Waals surface area contributed by atoms with Crippen LogP contribution in [0.4, 0.5) is 0 Å². The molecule has 0 amide bonds. The predicted octanol–water partition coefficient (Wildman–Crippen LogP) is 2.88. The first-order chi connectivity index (χ1) is 7.45. The Labute approximate surface area is 97.3 Å². The van der Waals surface area contributed by atoms with E-state index < -0.39 is 0 Å². The molecule has 0 aliphatic rings. The molecule has 0 aliphatic carbocycles. The van der Waals surface area contributed by atoms with Gasteiger partial charge in [0.1, 0.15) is 5.69 Å². The van der Waals surface area contributed by atoms with Gasteiger partial charge in [0.05, 0.1) is 17.1 Å².